The summed E-state index contributed by atoms with van der Waals surface area (Å²) in [6.07, 6.45) is 1.59. The Morgan fingerprint density at radius 3 is 2.52 bits per heavy atom. The highest BCUT2D eigenvalue weighted by atomic mass is 32.2. The number of carbonyl (C=O) groups is 1. The average molecular weight is 429 g/mol. The molecule has 0 aliphatic rings. The number of aryl methyl sites for hydroxylation is 1. The largest absolute Gasteiger partial charge is 0.272 e. The van der Waals surface area contributed by atoms with Crippen LogP contribution in [-0.4, -0.2) is 27.4 Å². The number of hydrogen-bond donors (Lipinski definition) is 1. The molecule has 0 aliphatic heterocycles. The van der Waals surface area contributed by atoms with Crippen LogP contribution < -0.4 is 11.0 Å². The lowest BCUT2D eigenvalue weighted by atomic mass is 10.2. The lowest BCUT2D eigenvalue weighted by Gasteiger charge is -2.12. The van der Waals surface area contributed by atoms with E-state index in [0.29, 0.717) is 21.7 Å². The van der Waals surface area contributed by atoms with Crippen molar-refractivity contribution >= 4 is 34.8 Å². The van der Waals surface area contributed by atoms with Crippen molar-refractivity contribution in [3.63, 3.8) is 0 Å². The molecule has 1 amide bonds. The molecule has 0 bridgehead atoms. The third-order valence-electron chi connectivity index (χ3n) is 4.57. The highest BCUT2D eigenvalue weighted by molar-refractivity contribution is 7.99. The zero-order chi connectivity index (χ0) is 21.6. The Kier molecular flexibility index (Phi) is 6.24. The quantitative estimate of drug-likeness (QED) is 0.218. The van der Waals surface area contributed by atoms with Crippen LogP contribution in [0.5, 0.6) is 0 Å². The Morgan fingerprint density at radius 2 is 1.74 bits per heavy atom. The van der Waals surface area contributed by atoms with Crippen molar-refractivity contribution in [3.05, 3.63) is 100 Å². The van der Waals surface area contributed by atoms with Crippen molar-refractivity contribution in [1.29, 1.82) is 0 Å². The molecule has 0 saturated heterocycles. The number of fused-ring (bicyclic) bond motifs is 1. The van der Waals surface area contributed by atoms with Crippen LogP contribution in [0.2, 0.25) is 0 Å². The Balaban J connectivity index is 1.54. The third kappa shape index (κ3) is 4.90. The monoisotopic (exact) mass is 428 g/mol. The Hall–Kier alpha value is -3.71. The first kappa shape index (κ1) is 20.6. The minimum Gasteiger partial charge on any atom is -0.272 e. The standard InChI is InChI=1S/C24H20N4O2S/c1-17-11-13-18(14-12-17)15-25-27-22(29)16-31-24-26-21-10-6-5-9-20(21)23(30)28(24)19-7-3-2-4-8-19/h2-15H,16H2,1H3,(H,27,29)/b25-15+. The van der Waals surface area contributed by atoms with E-state index >= 15 is 0 Å². The maximum atomic E-state index is 13.1. The number of carbonyl (C=O) groups excluding carboxylic acids is 1. The van der Waals surface area contributed by atoms with E-state index in [1.807, 2.05) is 73.7 Å². The summed E-state index contributed by atoms with van der Waals surface area (Å²) in [5.41, 5.74) is 5.70. The molecule has 0 atom stereocenters. The van der Waals surface area contributed by atoms with Crippen LogP contribution in [-0.2, 0) is 4.79 Å². The van der Waals surface area contributed by atoms with E-state index in [9.17, 15) is 9.59 Å². The minimum atomic E-state index is -0.282. The van der Waals surface area contributed by atoms with E-state index in [-0.39, 0.29) is 17.2 Å². The molecule has 1 heterocycles. The van der Waals surface area contributed by atoms with Crippen LogP contribution >= 0.6 is 11.8 Å². The van der Waals surface area contributed by atoms with E-state index in [2.05, 4.69) is 15.5 Å². The maximum Gasteiger partial charge on any atom is 0.266 e. The number of para-hydroxylation sites is 2. The van der Waals surface area contributed by atoms with Crippen LogP contribution in [0.15, 0.2) is 93.9 Å². The SMILES string of the molecule is Cc1ccc(/C=N/NC(=O)CSc2nc3ccccc3c(=O)n2-c2ccccc2)cc1. The number of hydrazone groups is 1. The van der Waals surface area contributed by atoms with Gasteiger partial charge in [0.2, 0.25) is 0 Å². The van der Waals surface area contributed by atoms with Gasteiger partial charge in [-0.3, -0.25) is 14.2 Å². The van der Waals surface area contributed by atoms with E-state index < -0.39 is 0 Å². The summed E-state index contributed by atoms with van der Waals surface area (Å²) in [7, 11) is 0. The van der Waals surface area contributed by atoms with Crippen LogP contribution in [0.1, 0.15) is 11.1 Å². The number of nitrogens with one attached hydrogen (secondary N) is 1. The van der Waals surface area contributed by atoms with Crippen molar-refractivity contribution in [1.82, 2.24) is 15.0 Å². The van der Waals surface area contributed by atoms with Crippen LogP contribution in [0.3, 0.4) is 0 Å². The predicted molar refractivity (Wildman–Crippen MR) is 125 cm³/mol. The lowest BCUT2D eigenvalue weighted by molar-refractivity contribution is -0.118. The Bertz CT molecular complexity index is 1300. The van der Waals surface area contributed by atoms with Gasteiger partial charge in [0, 0.05) is 0 Å². The van der Waals surface area contributed by atoms with Crippen molar-refractivity contribution in [2.45, 2.75) is 12.1 Å². The second kappa shape index (κ2) is 9.40. The zero-order valence-electron chi connectivity index (χ0n) is 16.9. The number of nitrogens with zero attached hydrogens (tertiary/aromatic N) is 3. The molecule has 0 saturated carbocycles. The molecule has 31 heavy (non-hydrogen) atoms. The lowest BCUT2D eigenvalue weighted by Crippen LogP contribution is -2.24. The van der Waals surface area contributed by atoms with Crippen LogP contribution in [0.4, 0.5) is 0 Å². The van der Waals surface area contributed by atoms with Gasteiger partial charge < -0.3 is 0 Å². The summed E-state index contributed by atoms with van der Waals surface area (Å²) in [6.45, 7) is 2.01. The van der Waals surface area contributed by atoms with E-state index in [4.69, 9.17) is 0 Å². The summed E-state index contributed by atoms with van der Waals surface area (Å²) < 4.78 is 1.54. The van der Waals surface area contributed by atoms with E-state index in [0.717, 1.165) is 11.1 Å². The highest BCUT2D eigenvalue weighted by Gasteiger charge is 2.14. The normalized spacial score (nSPS) is 11.1. The van der Waals surface area contributed by atoms with Gasteiger partial charge >= 0.3 is 0 Å². The number of amides is 1. The molecule has 0 radical (unpaired) electrons. The maximum absolute atomic E-state index is 13.1. The summed E-state index contributed by atoms with van der Waals surface area (Å²) in [5.74, 6) is -0.210. The van der Waals surface area contributed by atoms with Gasteiger partial charge in [0.05, 0.1) is 28.6 Å². The molecule has 0 aliphatic carbocycles. The van der Waals surface area contributed by atoms with Gasteiger partial charge in [-0.05, 0) is 36.8 Å². The first-order valence-corrected chi connectivity index (χ1v) is 10.7. The predicted octanol–water partition coefficient (Wildman–Crippen LogP) is 3.94. The van der Waals surface area contributed by atoms with Crippen molar-refractivity contribution < 1.29 is 4.79 Å². The summed E-state index contributed by atoms with van der Waals surface area (Å²) in [5, 5.41) is 4.99. The molecule has 0 spiro atoms. The molecular weight excluding hydrogens is 408 g/mol. The van der Waals surface area contributed by atoms with Gasteiger partial charge in [0.25, 0.3) is 11.5 Å². The fourth-order valence-electron chi connectivity index (χ4n) is 3.01. The summed E-state index contributed by atoms with van der Waals surface area (Å²) >= 11 is 1.19. The Labute approximate surface area is 183 Å². The van der Waals surface area contributed by atoms with Gasteiger partial charge in [-0.25, -0.2) is 10.4 Å². The highest BCUT2D eigenvalue weighted by Crippen LogP contribution is 2.21. The third-order valence-corrected chi connectivity index (χ3v) is 5.51. The Morgan fingerprint density at radius 1 is 1.03 bits per heavy atom. The van der Waals surface area contributed by atoms with Gasteiger partial charge in [0.15, 0.2) is 5.16 Å². The fraction of sp³-hybridized carbons (Fsp3) is 0.0833. The molecule has 4 aromatic rings. The van der Waals surface area contributed by atoms with E-state index in [1.165, 1.54) is 16.3 Å². The van der Waals surface area contributed by atoms with Gasteiger partial charge in [-0.15, -0.1) is 0 Å². The fourth-order valence-corrected chi connectivity index (χ4v) is 3.81. The van der Waals surface area contributed by atoms with Crippen molar-refractivity contribution in [2.75, 3.05) is 5.75 Å². The van der Waals surface area contributed by atoms with Crippen molar-refractivity contribution in [3.8, 4) is 5.69 Å². The molecule has 4 rings (SSSR count). The molecule has 0 fully saturated rings. The number of thioether (sulfide) groups is 1. The number of hydrogen-bond acceptors (Lipinski definition) is 5. The minimum absolute atomic E-state index is 0.0723. The smallest absolute Gasteiger partial charge is 0.266 e. The van der Waals surface area contributed by atoms with E-state index in [1.54, 1.807) is 18.3 Å². The second-order valence-corrected chi connectivity index (χ2v) is 7.82. The molecule has 7 heteroatoms. The van der Waals surface area contributed by atoms with Gasteiger partial charge in [0.1, 0.15) is 0 Å². The van der Waals surface area contributed by atoms with Gasteiger partial charge in [-0.1, -0.05) is 71.9 Å². The number of aromatic nitrogens is 2. The molecule has 154 valence electrons. The second-order valence-electron chi connectivity index (χ2n) is 6.88. The number of benzene rings is 3. The topological polar surface area (TPSA) is 76.3 Å². The first-order chi connectivity index (χ1) is 15.1. The zero-order valence-corrected chi connectivity index (χ0v) is 17.7. The van der Waals surface area contributed by atoms with Gasteiger partial charge in [-0.2, -0.15) is 5.10 Å². The summed E-state index contributed by atoms with van der Waals surface area (Å²) in [6, 6.07) is 24.3. The first-order valence-electron chi connectivity index (χ1n) is 9.70. The molecule has 1 N–H and O–H groups in total. The molecule has 3 aromatic carbocycles. The van der Waals surface area contributed by atoms with Crippen LogP contribution in [0, 0.1) is 6.92 Å². The summed E-state index contributed by atoms with van der Waals surface area (Å²) in [4.78, 5) is 30.1. The van der Waals surface area contributed by atoms with Crippen molar-refractivity contribution in [2.24, 2.45) is 5.10 Å². The average Bonchev–Trinajstić information content (AvgIpc) is 2.80. The molecular formula is C24H20N4O2S. The van der Waals surface area contributed by atoms with Crippen LogP contribution in [0.25, 0.3) is 16.6 Å². The molecule has 6 nitrogen and oxygen atoms in total. The molecule has 0 unspecified atom stereocenters. The number of rotatable bonds is 6. The molecule has 1 aromatic heterocycles.